The van der Waals surface area contributed by atoms with Crippen molar-refractivity contribution in [2.75, 3.05) is 20.3 Å². The van der Waals surface area contributed by atoms with Crippen LogP contribution in [0.3, 0.4) is 0 Å². The second kappa shape index (κ2) is 12.6. The Kier molecular flexibility index (Phi) is 11.8. The molecule has 0 bridgehead atoms. The minimum atomic E-state index is -5.78. The molecule has 14 heteroatoms. The number of hydrogen-bond donors (Lipinski definition) is 2. The van der Waals surface area contributed by atoms with Crippen LogP contribution in [0.25, 0.3) is 0 Å². The number of Topliss-reactive ketones (excluding diaryl/α,β-unsaturated/α-hetero) is 1. The molecule has 2 N–H and O–H groups in total. The molecule has 0 heterocycles. The fourth-order valence-electron chi connectivity index (χ4n) is 2.36. The quantitative estimate of drug-likeness (QED) is 0.307. The molecule has 2 amide bonds. The van der Waals surface area contributed by atoms with Crippen LogP contribution in [0.15, 0.2) is 0 Å². The lowest BCUT2D eigenvalue weighted by Gasteiger charge is -2.27. The summed E-state index contributed by atoms with van der Waals surface area (Å²) in [4.78, 5) is 36.3. The van der Waals surface area contributed by atoms with E-state index in [4.69, 9.17) is 9.47 Å². The van der Waals surface area contributed by atoms with Crippen LogP contribution in [0.5, 0.6) is 0 Å². The number of ketones is 1. The van der Waals surface area contributed by atoms with Gasteiger partial charge in [-0.1, -0.05) is 0 Å². The average molecular weight is 510 g/mol. The van der Waals surface area contributed by atoms with Gasteiger partial charge >= 0.3 is 18.4 Å². The number of nitrogens with one attached hydrogen (secondary N) is 2. The molecule has 0 spiro atoms. The Morgan fingerprint density at radius 3 is 1.85 bits per heavy atom. The van der Waals surface area contributed by atoms with Gasteiger partial charge in [-0.15, -0.1) is 0 Å². The molecule has 0 fully saturated rings. The van der Waals surface area contributed by atoms with E-state index in [0.29, 0.717) is 0 Å². The van der Waals surface area contributed by atoms with E-state index in [1.54, 1.807) is 20.8 Å². The molecule has 0 rings (SSSR count). The van der Waals surface area contributed by atoms with Gasteiger partial charge in [-0.2, -0.15) is 26.3 Å². The molecular weight excluding hydrogens is 478 g/mol. The molecule has 1 unspecified atom stereocenters. The fraction of sp³-hybridized carbons (Fsp3) is 0.850. The summed E-state index contributed by atoms with van der Waals surface area (Å²) in [6, 6.07) is -1.44. The summed E-state index contributed by atoms with van der Waals surface area (Å²) in [5, 5.41) is 4.73. The monoisotopic (exact) mass is 510 g/mol. The SMILES string of the molecule is COC(C)(C)C(=O)NC(CCCCNC(=O)OC(C)(C)C)C(=O)COC(C(F)(F)F)C(F)(F)F. The Morgan fingerprint density at radius 1 is 0.882 bits per heavy atom. The van der Waals surface area contributed by atoms with Gasteiger partial charge in [0.1, 0.15) is 17.8 Å². The van der Waals surface area contributed by atoms with Crippen LogP contribution in [0.2, 0.25) is 0 Å². The van der Waals surface area contributed by atoms with Crippen molar-refractivity contribution in [1.82, 2.24) is 10.6 Å². The number of methoxy groups -OCH3 is 1. The molecule has 1 atom stereocenters. The number of alkyl halides is 6. The zero-order valence-electron chi connectivity index (χ0n) is 19.9. The van der Waals surface area contributed by atoms with Gasteiger partial charge in [0.05, 0.1) is 6.04 Å². The highest BCUT2D eigenvalue weighted by Gasteiger charge is 2.58. The summed E-state index contributed by atoms with van der Waals surface area (Å²) < 4.78 is 89.7. The summed E-state index contributed by atoms with van der Waals surface area (Å²) in [7, 11) is 1.21. The second-order valence-electron chi connectivity index (χ2n) is 8.91. The predicted octanol–water partition coefficient (Wildman–Crippen LogP) is 3.67. The predicted molar refractivity (Wildman–Crippen MR) is 108 cm³/mol. The second-order valence-corrected chi connectivity index (χ2v) is 8.91. The Bertz CT molecular complexity index is 675. The van der Waals surface area contributed by atoms with Gasteiger partial charge in [-0.3, -0.25) is 9.59 Å². The first-order valence-electron chi connectivity index (χ1n) is 10.3. The van der Waals surface area contributed by atoms with Gasteiger partial charge < -0.3 is 24.8 Å². The van der Waals surface area contributed by atoms with Crippen molar-refractivity contribution in [3.63, 3.8) is 0 Å². The van der Waals surface area contributed by atoms with E-state index in [2.05, 4.69) is 15.4 Å². The number of hydrogen-bond acceptors (Lipinski definition) is 6. The minimum absolute atomic E-state index is 0.119. The van der Waals surface area contributed by atoms with Crippen LogP contribution in [-0.4, -0.2) is 73.7 Å². The van der Waals surface area contributed by atoms with Gasteiger partial charge in [0, 0.05) is 13.7 Å². The van der Waals surface area contributed by atoms with Gasteiger partial charge in [-0.05, 0) is 53.9 Å². The highest BCUT2D eigenvalue weighted by molar-refractivity contribution is 5.92. The van der Waals surface area contributed by atoms with Gasteiger partial charge in [0.15, 0.2) is 5.78 Å². The van der Waals surface area contributed by atoms with Crippen molar-refractivity contribution in [2.45, 2.75) is 89.6 Å². The molecule has 0 aliphatic rings. The number of halogens is 6. The molecule has 34 heavy (non-hydrogen) atoms. The highest BCUT2D eigenvalue weighted by atomic mass is 19.4. The van der Waals surface area contributed by atoms with E-state index in [-0.39, 0.29) is 25.8 Å². The summed E-state index contributed by atoms with van der Waals surface area (Å²) in [6.07, 6.45) is -16.1. The van der Waals surface area contributed by atoms with E-state index in [9.17, 15) is 40.7 Å². The molecule has 8 nitrogen and oxygen atoms in total. The number of carbonyl (C=O) groups is 3. The van der Waals surface area contributed by atoms with Crippen LogP contribution in [-0.2, 0) is 23.8 Å². The van der Waals surface area contributed by atoms with E-state index >= 15 is 0 Å². The minimum Gasteiger partial charge on any atom is -0.444 e. The van der Waals surface area contributed by atoms with Gasteiger partial charge in [0.25, 0.3) is 5.91 Å². The Balaban J connectivity index is 5.11. The van der Waals surface area contributed by atoms with E-state index in [1.807, 2.05) is 0 Å². The molecule has 0 aliphatic heterocycles. The zero-order valence-corrected chi connectivity index (χ0v) is 19.9. The summed E-state index contributed by atoms with van der Waals surface area (Å²) in [6.45, 7) is 6.29. The third-order valence-corrected chi connectivity index (χ3v) is 4.33. The van der Waals surface area contributed by atoms with Gasteiger partial charge in [-0.25, -0.2) is 4.79 Å². The lowest BCUT2D eigenvalue weighted by atomic mass is 10.0. The number of rotatable bonds is 12. The number of unbranched alkanes of at least 4 members (excludes halogenated alkanes) is 1. The van der Waals surface area contributed by atoms with E-state index in [1.165, 1.54) is 21.0 Å². The molecule has 0 aliphatic carbocycles. The third-order valence-electron chi connectivity index (χ3n) is 4.33. The molecule has 200 valence electrons. The van der Waals surface area contributed by atoms with E-state index in [0.717, 1.165) is 0 Å². The first kappa shape index (κ1) is 31.9. The van der Waals surface area contributed by atoms with E-state index < -0.39 is 60.1 Å². The number of carbonyl (C=O) groups excluding carboxylic acids is 3. The molecule has 0 saturated carbocycles. The molecular formula is C20H32F6N2O6. The topological polar surface area (TPSA) is 103 Å². The maximum Gasteiger partial charge on any atom is 0.423 e. The summed E-state index contributed by atoms with van der Waals surface area (Å²) in [5.74, 6) is -1.98. The standard InChI is InChI=1S/C20H32F6N2O6/c1-17(2,3)34-16(31)27-10-8-7-9-12(28-15(30)18(4,5)32-6)13(29)11-33-14(19(21,22)23)20(24,25)26/h12,14H,7-11H2,1-6H3,(H,27,31)(H,28,30). The van der Waals surface area contributed by atoms with Crippen molar-refractivity contribution in [1.29, 1.82) is 0 Å². The summed E-state index contributed by atoms with van der Waals surface area (Å²) in [5.41, 5.74) is -2.14. The number of amides is 2. The smallest absolute Gasteiger partial charge is 0.423 e. The average Bonchev–Trinajstić information content (AvgIpc) is 2.62. The zero-order chi connectivity index (χ0) is 27.0. The van der Waals surface area contributed by atoms with Crippen LogP contribution in [0, 0.1) is 0 Å². The van der Waals surface area contributed by atoms with Crippen LogP contribution in [0.1, 0.15) is 53.9 Å². The maximum absolute atomic E-state index is 12.6. The van der Waals surface area contributed by atoms with Gasteiger partial charge in [0.2, 0.25) is 6.10 Å². The molecule has 0 aromatic heterocycles. The number of ether oxygens (including phenoxy) is 3. The highest BCUT2D eigenvalue weighted by Crippen LogP contribution is 2.35. The normalized spacial score (nSPS) is 14.0. The van der Waals surface area contributed by atoms with Crippen LogP contribution < -0.4 is 10.6 Å². The first-order valence-corrected chi connectivity index (χ1v) is 10.3. The van der Waals surface area contributed by atoms with Crippen molar-refractivity contribution < 1.29 is 54.9 Å². The largest absolute Gasteiger partial charge is 0.444 e. The Morgan fingerprint density at radius 2 is 1.41 bits per heavy atom. The van der Waals surface area contributed by atoms with Crippen molar-refractivity contribution >= 4 is 17.8 Å². The maximum atomic E-state index is 12.6. The molecule has 0 saturated heterocycles. The lowest BCUT2D eigenvalue weighted by Crippen LogP contribution is -2.52. The summed E-state index contributed by atoms with van der Waals surface area (Å²) >= 11 is 0. The Hall–Kier alpha value is -2.09. The number of alkyl carbamates (subject to hydrolysis) is 1. The van der Waals surface area contributed by atoms with Crippen molar-refractivity contribution in [3.8, 4) is 0 Å². The van der Waals surface area contributed by atoms with Crippen molar-refractivity contribution in [2.24, 2.45) is 0 Å². The molecule has 0 aromatic carbocycles. The molecule has 0 radical (unpaired) electrons. The molecule has 0 aromatic rings. The first-order chi connectivity index (χ1) is 15.2. The third kappa shape index (κ3) is 12.4. The van der Waals surface area contributed by atoms with Crippen LogP contribution >= 0.6 is 0 Å². The van der Waals surface area contributed by atoms with Crippen LogP contribution in [0.4, 0.5) is 31.1 Å². The Labute approximate surface area is 194 Å². The fourth-order valence-corrected chi connectivity index (χ4v) is 2.36. The lowest BCUT2D eigenvalue weighted by molar-refractivity contribution is -0.319. The van der Waals surface area contributed by atoms with Crippen molar-refractivity contribution in [3.05, 3.63) is 0 Å².